The molecule has 3 aliphatic rings. The standard InChI is InChI=1S/C45H47ClFN5O4/c1-29-36(5-3-8-41(29)54-18-4-15-52-16-13-34(47)14-17-52)37-6-2-7-39-38(37)10-11-42(39)56-44-23-43(55-28-32-20-30(24-48)19-31(21-32)25-49)33(22-40(44)46)26-50-27-35-9-12-45(53)51-35/h2-3,5-8,19-23,34-35,42,50H,4,9-18,26-28H2,1H3,(H,51,53)/t35-,42+/m1/s1. The van der Waals surface area contributed by atoms with Gasteiger partial charge in [-0.3, -0.25) is 4.79 Å². The van der Waals surface area contributed by atoms with Gasteiger partial charge in [0.1, 0.15) is 36.1 Å². The molecule has 11 heteroatoms. The molecule has 0 unspecified atom stereocenters. The highest BCUT2D eigenvalue weighted by Gasteiger charge is 2.29. The van der Waals surface area contributed by atoms with Crippen molar-refractivity contribution in [3.8, 4) is 40.5 Å². The molecule has 9 nitrogen and oxygen atoms in total. The number of piperidine rings is 1. The molecule has 0 saturated carbocycles. The van der Waals surface area contributed by atoms with Crippen LogP contribution < -0.4 is 24.8 Å². The molecule has 0 bridgehead atoms. The van der Waals surface area contributed by atoms with Crippen LogP contribution in [0.25, 0.3) is 11.1 Å². The Morgan fingerprint density at radius 3 is 2.43 bits per heavy atom. The minimum absolute atomic E-state index is 0.0646. The average Bonchev–Trinajstić information content (AvgIpc) is 3.83. The Bertz CT molecular complexity index is 2110. The second-order valence-corrected chi connectivity index (χ2v) is 15.3. The van der Waals surface area contributed by atoms with E-state index in [1.54, 1.807) is 18.2 Å². The largest absolute Gasteiger partial charge is 0.493 e. The summed E-state index contributed by atoms with van der Waals surface area (Å²) in [4.78, 5) is 14.0. The Hall–Kier alpha value is -5.13. The van der Waals surface area contributed by atoms with Gasteiger partial charge in [-0.1, -0.05) is 41.9 Å². The highest BCUT2D eigenvalue weighted by atomic mass is 35.5. The van der Waals surface area contributed by atoms with Gasteiger partial charge in [0.2, 0.25) is 5.91 Å². The van der Waals surface area contributed by atoms with Crippen LogP contribution in [-0.2, 0) is 24.4 Å². The summed E-state index contributed by atoms with van der Waals surface area (Å²) in [7, 11) is 0. The van der Waals surface area contributed by atoms with Crippen LogP contribution in [0.5, 0.6) is 17.2 Å². The lowest BCUT2D eigenvalue weighted by molar-refractivity contribution is -0.119. The van der Waals surface area contributed by atoms with E-state index in [0.29, 0.717) is 72.2 Å². The normalized spacial score (nSPS) is 18.2. The predicted octanol–water partition coefficient (Wildman–Crippen LogP) is 8.28. The van der Waals surface area contributed by atoms with E-state index in [4.69, 9.17) is 25.8 Å². The fourth-order valence-electron chi connectivity index (χ4n) is 8.02. The number of nitrogens with zero attached hydrogens (tertiary/aromatic N) is 3. The number of carbonyl (C=O) groups is 1. The third-order valence-corrected chi connectivity index (χ3v) is 11.3. The highest BCUT2D eigenvalue weighted by molar-refractivity contribution is 6.32. The van der Waals surface area contributed by atoms with Gasteiger partial charge in [-0.15, -0.1) is 0 Å². The monoisotopic (exact) mass is 775 g/mol. The first-order chi connectivity index (χ1) is 27.3. The molecular weight excluding hydrogens is 729 g/mol. The molecule has 2 heterocycles. The number of benzene rings is 4. The number of fused-ring (bicyclic) bond motifs is 1. The van der Waals surface area contributed by atoms with Crippen molar-refractivity contribution in [1.29, 1.82) is 10.5 Å². The maximum atomic E-state index is 13.5. The smallest absolute Gasteiger partial charge is 0.220 e. The average molecular weight is 776 g/mol. The van der Waals surface area contributed by atoms with Crippen LogP contribution >= 0.6 is 11.6 Å². The van der Waals surface area contributed by atoms with E-state index >= 15 is 0 Å². The molecule has 1 aliphatic carbocycles. The summed E-state index contributed by atoms with van der Waals surface area (Å²) in [6, 6.07) is 25.5. The lowest BCUT2D eigenvalue weighted by atomic mass is 9.93. The maximum absolute atomic E-state index is 13.5. The van der Waals surface area contributed by atoms with Gasteiger partial charge in [-0.2, -0.15) is 10.5 Å². The summed E-state index contributed by atoms with van der Waals surface area (Å²) in [5.41, 5.74) is 8.04. The van der Waals surface area contributed by atoms with Gasteiger partial charge in [0.05, 0.1) is 34.9 Å². The Balaban J connectivity index is 1.07. The second-order valence-electron chi connectivity index (χ2n) is 14.9. The first-order valence-corrected chi connectivity index (χ1v) is 19.9. The number of amides is 1. The third-order valence-electron chi connectivity index (χ3n) is 11.0. The number of nitrogens with one attached hydrogen (secondary N) is 2. The molecule has 1 amide bonds. The first-order valence-electron chi connectivity index (χ1n) is 19.5. The second kappa shape index (κ2) is 18.2. The molecule has 2 saturated heterocycles. The summed E-state index contributed by atoms with van der Waals surface area (Å²) >= 11 is 6.93. The Labute approximate surface area is 333 Å². The number of nitriles is 2. The van der Waals surface area contributed by atoms with Crippen LogP contribution in [0.3, 0.4) is 0 Å². The van der Waals surface area contributed by atoms with E-state index in [-0.39, 0.29) is 24.7 Å². The van der Waals surface area contributed by atoms with Crippen LogP contribution in [-0.4, -0.2) is 55.8 Å². The van der Waals surface area contributed by atoms with E-state index in [1.807, 2.05) is 24.3 Å². The molecule has 0 radical (unpaired) electrons. The van der Waals surface area contributed by atoms with E-state index in [0.717, 1.165) is 78.9 Å². The number of ether oxygens (including phenoxy) is 3. The number of alkyl halides is 1. The number of rotatable bonds is 15. The molecule has 4 aromatic rings. The van der Waals surface area contributed by atoms with Crippen molar-refractivity contribution in [3.63, 3.8) is 0 Å². The van der Waals surface area contributed by atoms with Crippen molar-refractivity contribution in [1.82, 2.24) is 15.5 Å². The lowest BCUT2D eigenvalue weighted by Gasteiger charge is -2.28. The zero-order valence-corrected chi connectivity index (χ0v) is 32.5. The molecule has 2 aliphatic heterocycles. The van der Waals surface area contributed by atoms with Crippen molar-refractivity contribution < 1.29 is 23.4 Å². The van der Waals surface area contributed by atoms with Gasteiger partial charge in [0, 0.05) is 56.8 Å². The van der Waals surface area contributed by atoms with Gasteiger partial charge in [-0.25, -0.2) is 4.39 Å². The molecule has 7 rings (SSSR count). The SMILES string of the molecule is Cc1c(OCCCN2CCC(F)CC2)cccc1-c1cccc2c1CC[C@@H]2Oc1cc(OCc2cc(C#N)cc(C#N)c2)c(CNC[C@H]2CCC(=O)N2)cc1Cl. The molecule has 2 N–H and O–H groups in total. The maximum Gasteiger partial charge on any atom is 0.220 e. The number of hydrogen-bond donors (Lipinski definition) is 2. The van der Waals surface area contributed by atoms with Gasteiger partial charge in [0.15, 0.2) is 0 Å². The van der Waals surface area contributed by atoms with Gasteiger partial charge in [0.25, 0.3) is 0 Å². The molecule has 56 heavy (non-hydrogen) atoms. The highest BCUT2D eigenvalue weighted by Crippen LogP contribution is 2.44. The van der Waals surface area contributed by atoms with Crippen molar-refractivity contribution in [3.05, 3.63) is 111 Å². The van der Waals surface area contributed by atoms with E-state index in [9.17, 15) is 19.7 Å². The summed E-state index contributed by atoms with van der Waals surface area (Å²) < 4.78 is 32.9. The number of carbonyl (C=O) groups excluding carboxylic acids is 1. The van der Waals surface area contributed by atoms with E-state index < -0.39 is 6.17 Å². The van der Waals surface area contributed by atoms with Crippen LogP contribution in [0.4, 0.5) is 4.39 Å². The molecule has 290 valence electrons. The molecule has 0 spiro atoms. The van der Waals surface area contributed by atoms with Gasteiger partial charge >= 0.3 is 0 Å². The topological polar surface area (TPSA) is 120 Å². The Kier molecular flexibility index (Phi) is 12.7. The van der Waals surface area contributed by atoms with Crippen molar-refractivity contribution >= 4 is 17.5 Å². The fourth-order valence-corrected chi connectivity index (χ4v) is 8.25. The van der Waals surface area contributed by atoms with Gasteiger partial charge in [-0.05, 0) is 109 Å². The summed E-state index contributed by atoms with van der Waals surface area (Å²) in [6.45, 7) is 6.45. The summed E-state index contributed by atoms with van der Waals surface area (Å²) in [5.74, 6) is 2.01. The molecule has 4 aromatic carbocycles. The van der Waals surface area contributed by atoms with Crippen molar-refractivity contribution in [2.24, 2.45) is 0 Å². The van der Waals surface area contributed by atoms with Crippen molar-refractivity contribution in [2.45, 2.75) is 83.3 Å². The molecular formula is C45H47ClFN5O4. The Morgan fingerprint density at radius 2 is 1.68 bits per heavy atom. The number of likely N-dealkylation sites (tertiary alicyclic amines) is 1. The minimum Gasteiger partial charge on any atom is -0.493 e. The third kappa shape index (κ3) is 9.45. The zero-order chi connectivity index (χ0) is 39.0. The Morgan fingerprint density at radius 1 is 0.911 bits per heavy atom. The number of hydrogen-bond acceptors (Lipinski definition) is 8. The van der Waals surface area contributed by atoms with E-state index in [2.05, 4.69) is 58.9 Å². The lowest BCUT2D eigenvalue weighted by Crippen LogP contribution is -2.35. The summed E-state index contributed by atoms with van der Waals surface area (Å²) in [6.07, 6.45) is 4.19. The van der Waals surface area contributed by atoms with Crippen molar-refractivity contribution in [2.75, 3.05) is 32.8 Å². The van der Waals surface area contributed by atoms with E-state index in [1.165, 1.54) is 5.56 Å². The number of halogens is 2. The predicted molar refractivity (Wildman–Crippen MR) is 214 cm³/mol. The zero-order valence-electron chi connectivity index (χ0n) is 31.7. The van der Waals surface area contributed by atoms with Crippen LogP contribution in [0.15, 0.2) is 66.7 Å². The molecule has 0 aromatic heterocycles. The van der Waals surface area contributed by atoms with Crippen LogP contribution in [0.2, 0.25) is 5.02 Å². The molecule has 2 fully saturated rings. The van der Waals surface area contributed by atoms with Gasteiger partial charge < -0.3 is 29.7 Å². The van der Waals surface area contributed by atoms with Crippen LogP contribution in [0, 0.1) is 29.6 Å². The first kappa shape index (κ1) is 39.1. The minimum atomic E-state index is -0.661. The van der Waals surface area contributed by atoms with Crippen LogP contribution in [0.1, 0.15) is 83.6 Å². The fraction of sp³-hybridized carbons (Fsp3) is 0.400. The quantitative estimate of drug-likeness (QED) is 0.116. The molecule has 2 atom stereocenters. The summed E-state index contributed by atoms with van der Waals surface area (Å²) in [5, 5.41) is 25.9.